The number of ether oxygens (including phenoxy) is 1. The van der Waals surface area contributed by atoms with E-state index in [4.69, 9.17) is 4.74 Å². The summed E-state index contributed by atoms with van der Waals surface area (Å²) in [5.41, 5.74) is 7.78. The first-order chi connectivity index (χ1) is 14.4. The molecule has 1 aliphatic rings. The third-order valence-electron chi connectivity index (χ3n) is 6.52. The van der Waals surface area contributed by atoms with Gasteiger partial charge < -0.3 is 9.30 Å². The Labute approximate surface area is 182 Å². The van der Waals surface area contributed by atoms with Gasteiger partial charge in [0, 0.05) is 26.0 Å². The van der Waals surface area contributed by atoms with Crippen molar-refractivity contribution in [2.45, 2.75) is 45.6 Å². The van der Waals surface area contributed by atoms with E-state index < -0.39 is 8.07 Å². The van der Waals surface area contributed by atoms with Crippen molar-refractivity contribution in [1.29, 1.82) is 0 Å². The molecule has 3 nitrogen and oxygen atoms in total. The Morgan fingerprint density at radius 2 is 1.53 bits per heavy atom. The molecule has 1 saturated heterocycles. The van der Waals surface area contributed by atoms with Crippen LogP contribution in [-0.2, 0) is 6.54 Å². The highest BCUT2D eigenvalue weighted by Gasteiger charge is 2.28. The highest BCUT2D eigenvalue weighted by Crippen LogP contribution is 2.33. The average molecular weight is 419 g/mol. The molecule has 1 fully saturated rings. The fourth-order valence-corrected chi connectivity index (χ4v) is 6.57. The second-order valence-electron chi connectivity index (χ2n) is 9.50. The van der Waals surface area contributed by atoms with Gasteiger partial charge in [0.25, 0.3) is 0 Å². The van der Waals surface area contributed by atoms with Crippen molar-refractivity contribution in [3.8, 4) is 22.7 Å². The van der Waals surface area contributed by atoms with Crippen LogP contribution in [0.5, 0.6) is 5.75 Å². The molecule has 0 atom stereocenters. The molecule has 2 heterocycles. The maximum absolute atomic E-state index is 5.37. The van der Waals surface area contributed by atoms with E-state index in [2.05, 4.69) is 78.9 Å². The van der Waals surface area contributed by atoms with E-state index in [1.807, 2.05) is 12.1 Å². The summed E-state index contributed by atoms with van der Waals surface area (Å²) >= 11 is 0. The molecule has 3 aromatic rings. The van der Waals surface area contributed by atoms with Crippen molar-refractivity contribution in [2.75, 3.05) is 20.2 Å². The lowest BCUT2D eigenvalue weighted by Crippen LogP contribution is -2.42. The third kappa shape index (κ3) is 4.40. The van der Waals surface area contributed by atoms with Gasteiger partial charge in [-0.15, -0.1) is 0 Å². The lowest BCUT2D eigenvalue weighted by molar-refractivity contribution is 0.282. The minimum atomic E-state index is -0.959. The highest BCUT2D eigenvalue weighted by molar-refractivity contribution is 6.77. The largest absolute Gasteiger partial charge is 0.497 e. The van der Waals surface area contributed by atoms with Crippen molar-refractivity contribution < 1.29 is 4.74 Å². The van der Waals surface area contributed by atoms with Gasteiger partial charge in [0.15, 0.2) is 0 Å². The molecule has 0 amide bonds. The Morgan fingerprint density at radius 1 is 0.900 bits per heavy atom. The van der Waals surface area contributed by atoms with E-state index in [1.165, 1.54) is 58.9 Å². The van der Waals surface area contributed by atoms with Gasteiger partial charge in [0.05, 0.1) is 12.8 Å². The Bertz CT molecular complexity index is 993. The van der Waals surface area contributed by atoms with E-state index in [1.54, 1.807) is 7.11 Å². The summed E-state index contributed by atoms with van der Waals surface area (Å²) in [4.78, 5) is 2.66. The van der Waals surface area contributed by atoms with Gasteiger partial charge in [-0.2, -0.15) is 0 Å². The monoisotopic (exact) mass is 418 g/mol. The van der Waals surface area contributed by atoms with Crippen LogP contribution in [0.1, 0.15) is 16.8 Å². The standard InChI is InChI=1S/C26H34N2OSi/c1-20-6-8-22(9-7-20)26-23(19-27-14-16-30(4,5)17-15-27)18-21(2)28(26)24-10-12-25(29-3)13-11-24/h6-13,18H,14-17,19H2,1-5H3. The molecule has 0 unspecified atom stereocenters. The maximum Gasteiger partial charge on any atom is 0.119 e. The minimum Gasteiger partial charge on any atom is -0.497 e. The average Bonchev–Trinajstić information content (AvgIpc) is 3.06. The Hall–Kier alpha value is -2.30. The molecule has 0 bridgehead atoms. The number of methoxy groups -OCH3 is 1. The number of hydrogen-bond donors (Lipinski definition) is 0. The van der Waals surface area contributed by atoms with Gasteiger partial charge in [0.2, 0.25) is 0 Å². The van der Waals surface area contributed by atoms with E-state index in [9.17, 15) is 0 Å². The molecule has 1 aliphatic heterocycles. The summed E-state index contributed by atoms with van der Waals surface area (Å²) in [6.45, 7) is 12.9. The smallest absolute Gasteiger partial charge is 0.119 e. The SMILES string of the molecule is COc1ccc(-n2c(C)cc(CN3CC[Si](C)(C)CC3)c2-c2ccc(C)cc2)cc1. The first kappa shape index (κ1) is 20.9. The summed E-state index contributed by atoms with van der Waals surface area (Å²) in [5.74, 6) is 0.890. The molecule has 2 aromatic carbocycles. The summed E-state index contributed by atoms with van der Waals surface area (Å²) in [6.07, 6.45) is 0. The Kier molecular flexibility index (Phi) is 5.90. The zero-order chi connectivity index (χ0) is 21.3. The second kappa shape index (κ2) is 8.44. The molecular formula is C26H34N2OSi. The van der Waals surface area contributed by atoms with Gasteiger partial charge in [-0.05, 0) is 80.5 Å². The van der Waals surface area contributed by atoms with Crippen molar-refractivity contribution in [3.05, 3.63) is 71.4 Å². The number of hydrogen-bond acceptors (Lipinski definition) is 2. The van der Waals surface area contributed by atoms with Crippen molar-refractivity contribution in [1.82, 2.24) is 9.47 Å². The Morgan fingerprint density at radius 3 is 2.13 bits per heavy atom. The first-order valence-corrected chi connectivity index (χ1v) is 14.4. The summed E-state index contributed by atoms with van der Waals surface area (Å²) in [6, 6.07) is 22.6. The van der Waals surface area contributed by atoms with Crippen LogP contribution in [0.3, 0.4) is 0 Å². The maximum atomic E-state index is 5.37. The van der Waals surface area contributed by atoms with E-state index >= 15 is 0 Å². The predicted octanol–water partition coefficient (Wildman–Crippen LogP) is 6.29. The van der Waals surface area contributed by atoms with E-state index in [-0.39, 0.29) is 0 Å². The third-order valence-corrected chi connectivity index (χ3v) is 9.68. The van der Waals surface area contributed by atoms with Crippen molar-refractivity contribution in [3.63, 3.8) is 0 Å². The van der Waals surface area contributed by atoms with Gasteiger partial charge in [0.1, 0.15) is 5.75 Å². The number of benzene rings is 2. The van der Waals surface area contributed by atoms with E-state index in [0.717, 1.165) is 12.3 Å². The minimum absolute atomic E-state index is 0.890. The predicted molar refractivity (Wildman–Crippen MR) is 130 cm³/mol. The van der Waals surface area contributed by atoms with Crippen LogP contribution in [0.15, 0.2) is 54.6 Å². The summed E-state index contributed by atoms with van der Waals surface area (Å²) in [7, 11) is 0.757. The summed E-state index contributed by atoms with van der Waals surface area (Å²) < 4.78 is 7.78. The van der Waals surface area contributed by atoms with Gasteiger partial charge in [-0.3, -0.25) is 4.90 Å². The summed E-state index contributed by atoms with van der Waals surface area (Å²) in [5, 5.41) is 0. The molecule has 0 radical (unpaired) electrons. The highest BCUT2D eigenvalue weighted by atomic mass is 28.3. The quantitative estimate of drug-likeness (QED) is 0.453. The van der Waals surface area contributed by atoms with Crippen LogP contribution in [0.2, 0.25) is 25.2 Å². The van der Waals surface area contributed by atoms with Crippen molar-refractivity contribution in [2.24, 2.45) is 0 Å². The number of nitrogens with zero attached hydrogens (tertiary/aromatic N) is 2. The van der Waals surface area contributed by atoms with Crippen LogP contribution >= 0.6 is 0 Å². The number of rotatable bonds is 5. The normalized spacial score (nSPS) is 16.6. The molecule has 0 N–H and O–H groups in total. The molecule has 4 rings (SSSR count). The molecular weight excluding hydrogens is 384 g/mol. The molecule has 4 heteroatoms. The zero-order valence-electron chi connectivity index (χ0n) is 19.0. The Balaban J connectivity index is 1.75. The van der Waals surface area contributed by atoms with Crippen molar-refractivity contribution >= 4 is 8.07 Å². The zero-order valence-corrected chi connectivity index (χ0v) is 20.0. The molecule has 0 spiro atoms. The lowest BCUT2D eigenvalue weighted by Gasteiger charge is -2.35. The van der Waals surface area contributed by atoms with E-state index in [0.29, 0.717) is 0 Å². The number of aromatic nitrogens is 1. The van der Waals surface area contributed by atoms with Gasteiger partial charge in [-0.25, -0.2) is 0 Å². The van der Waals surface area contributed by atoms with Crippen LogP contribution in [-0.4, -0.2) is 37.7 Å². The molecule has 0 aliphatic carbocycles. The molecule has 0 saturated carbocycles. The second-order valence-corrected chi connectivity index (χ2v) is 14.8. The van der Waals surface area contributed by atoms with Gasteiger partial charge >= 0.3 is 0 Å². The first-order valence-electron chi connectivity index (χ1n) is 11.0. The molecule has 30 heavy (non-hydrogen) atoms. The number of aryl methyl sites for hydroxylation is 2. The fourth-order valence-electron chi connectivity index (χ4n) is 4.47. The molecule has 158 valence electrons. The topological polar surface area (TPSA) is 17.4 Å². The lowest BCUT2D eigenvalue weighted by atomic mass is 10.1. The van der Waals surface area contributed by atoms with Gasteiger partial charge in [-0.1, -0.05) is 42.9 Å². The van der Waals surface area contributed by atoms with Crippen LogP contribution in [0.25, 0.3) is 16.9 Å². The van der Waals surface area contributed by atoms with Crippen LogP contribution in [0.4, 0.5) is 0 Å². The molecule has 1 aromatic heterocycles. The van der Waals surface area contributed by atoms with Crippen LogP contribution < -0.4 is 4.74 Å². The fraction of sp³-hybridized carbons (Fsp3) is 0.385. The van der Waals surface area contributed by atoms with Crippen LogP contribution in [0, 0.1) is 13.8 Å².